The highest BCUT2D eigenvalue weighted by atomic mass is 32.2. The largest absolute Gasteiger partial charge is 0.480 e. The number of β-lactam (4-membered cyclic amide) rings is 1. The monoisotopic (exact) mass is 564 g/mol. The van der Waals surface area contributed by atoms with Crippen LogP contribution in [0.25, 0.3) is 0 Å². The number of nitrogens with zero attached hydrogens (tertiary/aromatic N) is 4. The molecule has 2 unspecified atom stereocenters. The first-order valence-corrected chi connectivity index (χ1v) is 13.5. The fourth-order valence-electron chi connectivity index (χ4n) is 4.91. The number of carboxylic acids is 1. The number of alkyl carbamates (subject to hydrolysis) is 1. The van der Waals surface area contributed by atoms with Crippen LogP contribution in [0.3, 0.4) is 0 Å². The molecular weight excluding hydrogens is 536 g/mol. The molecule has 3 amide bonds. The second-order valence-electron chi connectivity index (χ2n) is 10.0. The Morgan fingerprint density at radius 2 is 1.77 bits per heavy atom. The number of carboxylic acid groups (broad SMARTS) is 1. The van der Waals surface area contributed by atoms with Gasteiger partial charge in [-0.1, -0.05) is 65.9 Å². The predicted molar refractivity (Wildman–Crippen MR) is 144 cm³/mol. The van der Waals surface area contributed by atoms with Gasteiger partial charge in [0.2, 0.25) is 11.8 Å². The van der Waals surface area contributed by atoms with E-state index in [-0.39, 0.29) is 6.61 Å². The van der Waals surface area contributed by atoms with Crippen LogP contribution in [0.15, 0.2) is 66.9 Å². The molecule has 3 N–H and O–H groups in total. The van der Waals surface area contributed by atoms with E-state index in [1.54, 1.807) is 48.9 Å². The molecule has 0 bridgehead atoms. The summed E-state index contributed by atoms with van der Waals surface area (Å²) >= 11 is 1.32. The zero-order valence-corrected chi connectivity index (χ0v) is 22.6. The number of rotatable bonds is 9. The van der Waals surface area contributed by atoms with Gasteiger partial charge in [0.05, 0.1) is 18.4 Å². The molecule has 4 atom stereocenters. The lowest BCUT2D eigenvalue weighted by Gasteiger charge is -2.43. The fraction of sp³-hybridized carbons (Fsp3) is 0.333. The van der Waals surface area contributed by atoms with Gasteiger partial charge >= 0.3 is 12.1 Å². The van der Waals surface area contributed by atoms with Crippen LogP contribution in [-0.2, 0) is 32.3 Å². The lowest BCUT2D eigenvalue weighted by atomic mass is 9.95. The summed E-state index contributed by atoms with van der Waals surface area (Å²) in [6.07, 6.45) is 0.650. The van der Waals surface area contributed by atoms with Crippen molar-refractivity contribution in [2.75, 3.05) is 0 Å². The molecule has 2 aromatic carbocycles. The molecule has 0 radical (unpaired) electrons. The molecule has 0 aliphatic carbocycles. The Bertz CT molecular complexity index is 1420. The summed E-state index contributed by atoms with van der Waals surface area (Å²) in [5.41, 5.74) is 2.05. The van der Waals surface area contributed by atoms with Gasteiger partial charge < -0.3 is 25.4 Å². The van der Waals surface area contributed by atoms with Gasteiger partial charge in [-0.2, -0.15) is 0 Å². The van der Waals surface area contributed by atoms with E-state index in [1.807, 2.05) is 30.3 Å². The minimum atomic E-state index is -1.16. The van der Waals surface area contributed by atoms with E-state index in [4.69, 9.17) is 4.74 Å². The second-order valence-corrected chi connectivity index (χ2v) is 11.8. The Morgan fingerprint density at radius 1 is 1.10 bits per heavy atom. The van der Waals surface area contributed by atoms with Crippen LogP contribution >= 0.6 is 11.8 Å². The fourth-order valence-corrected chi connectivity index (χ4v) is 6.53. The number of carbonyl (C=O) groups excluding carboxylic acids is 3. The SMILES string of the molecule is CC1(C)SC2[C@H](NC(=O)C(NC(=O)OCc3cnnn3Cc3ccccc3)c3ccccc3)C(=O)N2[C@H]1C(=O)O. The van der Waals surface area contributed by atoms with Crippen LogP contribution in [-0.4, -0.2) is 71.1 Å². The van der Waals surface area contributed by atoms with Crippen molar-refractivity contribution in [3.05, 3.63) is 83.7 Å². The average Bonchev–Trinajstić information content (AvgIpc) is 3.48. The topological polar surface area (TPSA) is 156 Å². The standard InChI is InChI=1S/C27H28N6O6S/c1-27(2)21(25(36)37)33-23(35)20(24(33)40-27)29-22(34)19(17-11-7-4-8-12-17)30-26(38)39-15-18-13-28-31-32(18)14-16-9-5-3-6-10-16/h3-13,19-21,24H,14-15H2,1-2H3,(H,29,34)(H,30,38)(H,36,37)/t19?,20-,21+,24?/m1/s1. The summed E-state index contributed by atoms with van der Waals surface area (Å²) in [5, 5.41) is 22.4. The van der Waals surface area contributed by atoms with Crippen molar-refractivity contribution in [3.8, 4) is 0 Å². The Kier molecular flexibility index (Phi) is 7.48. The van der Waals surface area contributed by atoms with E-state index < -0.39 is 52.1 Å². The maximum atomic E-state index is 13.4. The maximum Gasteiger partial charge on any atom is 0.408 e. The summed E-state index contributed by atoms with van der Waals surface area (Å²) in [6, 6.07) is 15.1. The number of thioether (sulfide) groups is 1. The molecule has 2 aliphatic heterocycles. The number of fused-ring (bicyclic) bond motifs is 1. The van der Waals surface area contributed by atoms with Gasteiger partial charge in [0.15, 0.2) is 0 Å². The number of aromatic nitrogens is 3. The lowest BCUT2D eigenvalue weighted by Crippen LogP contribution is -2.71. The van der Waals surface area contributed by atoms with Crippen LogP contribution in [0.2, 0.25) is 0 Å². The van der Waals surface area contributed by atoms with E-state index in [0.29, 0.717) is 17.8 Å². The minimum Gasteiger partial charge on any atom is -0.480 e. The zero-order chi connectivity index (χ0) is 28.4. The van der Waals surface area contributed by atoms with Crippen LogP contribution in [0.5, 0.6) is 0 Å². The number of ether oxygens (including phenoxy) is 1. The van der Waals surface area contributed by atoms with Crippen molar-refractivity contribution in [2.24, 2.45) is 0 Å². The highest BCUT2D eigenvalue weighted by molar-refractivity contribution is 8.01. The van der Waals surface area contributed by atoms with Crippen molar-refractivity contribution >= 4 is 35.6 Å². The van der Waals surface area contributed by atoms with Crippen LogP contribution in [0.1, 0.15) is 36.7 Å². The Balaban J connectivity index is 1.24. The lowest BCUT2D eigenvalue weighted by molar-refractivity contribution is -0.161. The summed E-state index contributed by atoms with van der Waals surface area (Å²) in [6.45, 7) is 3.83. The Morgan fingerprint density at radius 3 is 2.45 bits per heavy atom. The normalized spacial score (nSPS) is 21.6. The first kappa shape index (κ1) is 27.2. The molecule has 3 heterocycles. The van der Waals surface area contributed by atoms with Crippen molar-refractivity contribution in [2.45, 2.75) is 55.2 Å². The third kappa shape index (κ3) is 5.37. The maximum absolute atomic E-state index is 13.4. The Hall–Kier alpha value is -4.39. The highest BCUT2D eigenvalue weighted by Gasteiger charge is 2.64. The summed E-state index contributed by atoms with van der Waals surface area (Å²) in [4.78, 5) is 52.1. The number of amides is 3. The van der Waals surface area contributed by atoms with Gasteiger partial charge in [-0.25, -0.2) is 14.3 Å². The number of hydrogen-bond acceptors (Lipinski definition) is 8. The molecule has 0 saturated carbocycles. The molecule has 208 valence electrons. The van der Waals surface area contributed by atoms with E-state index in [9.17, 15) is 24.3 Å². The van der Waals surface area contributed by atoms with Crippen LogP contribution < -0.4 is 10.6 Å². The average molecular weight is 565 g/mol. The molecule has 5 rings (SSSR count). The van der Waals surface area contributed by atoms with Crippen LogP contribution in [0, 0.1) is 0 Å². The first-order chi connectivity index (χ1) is 19.2. The second kappa shape index (κ2) is 11.0. The van der Waals surface area contributed by atoms with Gasteiger partial charge in [0.1, 0.15) is 30.1 Å². The molecule has 0 spiro atoms. The van der Waals surface area contributed by atoms with Crippen molar-refractivity contribution in [3.63, 3.8) is 0 Å². The van der Waals surface area contributed by atoms with Gasteiger partial charge in [-0.15, -0.1) is 16.9 Å². The van der Waals surface area contributed by atoms with Gasteiger partial charge in [0.25, 0.3) is 0 Å². The van der Waals surface area contributed by atoms with E-state index in [1.165, 1.54) is 22.9 Å². The van der Waals surface area contributed by atoms with E-state index in [0.717, 1.165) is 5.56 Å². The molecule has 12 nitrogen and oxygen atoms in total. The van der Waals surface area contributed by atoms with Gasteiger partial charge in [0, 0.05) is 4.75 Å². The third-order valence-corrected chi connectivity index (χ3v) is 8.43. The van der Waals surface area contributed by atoms with E-state index in [2.05, 4.69) is 20.9 Å². The smallest absolute Gasteiger partial charge is 0.408 e. The Labute approximate surface area is 234 Å². The molecule has 40 heavy (non-hydrogen) atoms. The molecule has 2 aliphatic rings. The number of hydrogen-bond donors (Lipinski definition) is 3. The molecule has 13 heteroatoms. The molecule has 2 saturated heterocycles. The van der Waals surface area contributed by atoms with Gasteiger partial charge in [-0.05, 0) is 25.0 Å². The number of aliphatic carboxylic acids is 1. The molecule has 3 aromatic rings. The molecule has 1 aromatic heterocycles. The van der Waals surface area contributed by atoms with Crippen LogP contribution in [0.4, 0.5) is 4.79 Å². The molecule has 2 fully saturated rings. The summed E-state index contributed by atoms with van der Waals surface area (Å²) in [7, 11) is 0. The first-order valence-electron chi connectivity index (χ1n) is 12.6. The third-order valence-electron chi connectivity index (χ3n) is 6.85. The summed E-state index contributed by atoms with van der Waals surface area (Å²) < 4.78 is 6.28. The number of nitrogens with one attached hydrogen (secondary N) is 2. The van der Waals surface area contributed by atoms with Crippen molar-refractivity contribution in [1.82, 2.24) is 30.5 Å². The quantitative estimate of drug-likeness (QED) is 0.331. The number of benzene rings is 2. The number of carbonyl (C=O) groups is 4. The highest BCUT2D eigenvalue weighted by Crippen LogP contribution is 2.50. The predicted octanol–water partition coefficient (Wildman–Crippen LogP) is 1.93. The van der Waals surface area contributed by atoms with E-state index >= 15 is 0 Å². The van der Waals surface area contributed by atoms with Crippen molar-refractivity contribution in [1.29, 1.82) is 0 Å². The minimum absolute atomic E-state index is 0.130. The van der Waals surface area contributed by atoms with Gasteiger partial charge in [-0.3, -0.25) is 9.59 Å². The molecular formula is C27H28N6O6S. The van der Waals surface area contributed by atoms with Crippen molar-refractivity contribution < 1.29 is 29.0 Å². The summed E-state index contributed by atoms with van der Waals surface area (Å²) in [5.74, 6) is -2.18. The zero-order valence-electron chi connectivity index (χ0n) is 21.8.